The molecular weight excluding hydrogens is 206 g/mol. The summed E-state index contributed by atoms with van der Waals surface area (Å²) >= 11 is 0. The van der Waals surface area contributed by atoms with Crippen LogP contribution in [0.3, 0.4) is 0 Å². The Labute approximate surface area is 94.2 Å². The second kappa shape index (κ2) is 4.21. The first kappa shape index (κ1) is 11.1. The van der Waals surface area contributed by atoms with Crippen LogP contribution < -0.4 is 5.73 Å². The van der Waals surface area contributed by atoms with E-state index in [9.17, 15) is 4.79 Å². The van der Waals surface area contributed by atoms with Crippen molar-refractivity contribution in [3.63, 3.8) is 0 Å². The Balaban J connectivity index is 2.09. The molecule has 2 rings (SSSR count). The van der Waals surface area contributed by atoms with Crippen LogP contribution >= 0.6 is 0 Å². The van der Waals surface area contributed by atoms with Gasteiger partial charge in [0.25, 0.3) is 5.91 Å². The number of carbonyl (C=O) groups excluding carboxylic acids is 1. The van der Waals surface area contributed by atoms with Gasteiger partial charge in [-0.15, -0.1) is 5.10 Å². The van der Waals surface area contributed by atoms with E-state index in [0.29, 0.717) is 18.3 Å². The molecule has 88 valence electrons. The summed E-state index contributed by atoms with van der Waals surface area (Å²) in [6.45, 7) is 5.20. The van der Waals surface area contributed by atoms with Gasteiger partial charge < -0.3 is 10.6 Å². The van der Waals surface area contributed by atoms with Gasteiger partial charge >= 0.3 is 0 Å². The third-order valence-corrected chi connectivity index (χ3v) is 2.77. The molecule has 2 unspecified atom stereocenters. The largest absolute Gasteiger partial charge is 0.334 e. The molecule has 1 aliphatic heterocycles. The van der Waals surface area contributed by atoms with Crippen molar-refractivity contribution >= 4 is 5.91 Å². The molecule has 0 radical (unpaired) electrons. The average Bonchev–Trinajstić information content (AvgIpc) is 2.62. The van der Waals surface area contributed by atoms with Crippen molar-refractivity contribution in [1.29, 1.82) is 0 Å². The van der Waals surface area contributed by atoms with E-state index < -0.39 is 0 Å². The highest BCUT2D eigenvalue weighted by molar-refractivity contribution is 5.90. The average molecular weight is 223 g/mol. The van der Waals surface area contributed by atoms with Crippen molar-refractivity contribution in [2.75, 3.05) is 13.1 Å². The predicted octanol–water partition coefficient (Wildman–Crippen LogP) is -0.0776. The molecule has 1 saturated heterocycles. The lowest BCUT2D eigenvalue weighted by molar-refractivity contribution is 0.0649. The number of carbonyl (C=O) groups is 1. The zero-order valence-corrected chi connectivity index (χ0v) is 9.60. The first-order chi connectivity index (χ1) is 7.56. The molecule has 1 fully saturated rings. The molecule has 2 heterocycles. The third-order valence-electron chi connectivity index (χ3n) is 2.77. The molecule has 3 N–H and O–H groups in total. The number of nitrogens with one attached hydrogen (secondary N) is 1. The number of nitrogens with zero attached hydrogens (tertiary/aromatic N) is 3. The Morgan fingerprint density at radius 1 is 1.56 bits per heavy atom. The summed E-state index contributed by atoms with van der Waals surface area (Å²) in [7, 11) is 0. The maximum absolute atomic E-state index is 12.0. The smallest absolute Gasteiger partial charge is 0.293 e. The molecule has 6 heteroatoms. The number of aromatic nitrogens is 3. The number of H-pyrrole nitrogens is 1. The van der Waals surface area contributed by atoms with Crippen molar-refractivity contribution in [3.8, 4) is 0 Å². The second-order valence-electron chi connectivity index (χ2n) is 4.56. The molecule has 1 amide bonds. The van der Waals surface area contributed by atoms with Crippen molar-refractivity contribution in [2.24, 2.45) is 11.7 Å². The van der Waals surface area contributed by atoms with Gasteiger partial charge in [-0.1, -0.05) is 6.92 Å². The second-order valence-corrected chi connectivity index (χ2v) is 4.56. The maximum atomic E-state index is 12.0. The van der Waals surface area contributed by atoms with Crippen LogP contribution in [-0.2, 0) is 0 Å². The van der Waals surface area contributed by atoms with Gasteiger partial charge in [0.1, 0.15) is 5.82 Å². The summed E-state index contributed by atoms with van der Waals surface area (Å²) in [6, 6.07) is 0.0627. The van der Waals surface area contributed by atoms with E-state index in [1.807, 2.05) is 0 Å². The zero-order valence-electron chi connectivity index (χ0n) is 9.60. The summed E-state index contributed by atoms with van der Waals surface area (Å²) in [5, 5.41) is 6.54. The molecule has 0 aromatic carbocycles. The Bertz CT molecular complexity index is 378. The molecule has 16 heavy (non-hydrogen) atoms. The van der Waals surface area contributed by atoms with Crippen LogP contribution in [0.25, 0.3) is 0 Å². The number of aromatic amines is 1. The summed E-state index contributed by atoms with van der Waals surface area (Å²) in [5.41, 5.74) is 5.89. The summed E-state index contributed by atoms with van der Waals surface area (Å²) in [4.78, 5) is 17.8. The molecule has 0 saturated carbocycles. The van der Waals surface area contributed by atoms with Gasteiger partial charge in [-0.3, -0.25) is 9.89 Å². The van der Waals surface area contributed by atoms with E-state index in [0.717, 1.165) is 13.0 Å². The van der Waals surface area contributed by atoms with E-state index in [2.05, 4.69) is 22.1 Å². The number of hydrogen-bond acceptors (Lipinski definition) is 4. The molecule has 1 aromatic rings. The predicted molar refractivity (Wildman–Crippen MR) is 58.8 cm³/mol. The minimum Gasteiger partial charge on any atom is -0.334 e. The number of amides is 1. The summed E-state index contributed by atoms with van der Waals surface area (Å²) in [6.07, 6.45) is 0.969. The fourth-order valence-electron chi connectivity index (χ4n) is 2.15. The SMILES string of the molecule is Cc1nc(C(=O)N2CC(C)CC(N)C2)n[nH]1. The summed E-state index contributed by atoms with van der Waals surface area (Å²) < 4.78 is 0. The normalized spacial score (nSPS) is 25.8. The fourth-order valence-corrected chi connectivity index (χ4v) is 2.15. The Hall–Kier alpha value is -1.43. The minimum atomic E-state index is -0.133. The standard InChI is InChI=1S/C10H17N5O/c1-6-3-8(11)5-15(4-6)10(16)9-12-7(2)13-14-9/h6,8H,3-5,11H2,1-2H3,(H,12,13,14). The van der Waals surface area contributed by atoms with Gasteiger partial charge in [0.05, 0.1) is 0 Å². The quantitative estimate of drug-likeness (QED) is 0.697. The number of nitrogens with two attached hydrogens (primary N) is 1. The van der Waals surface area contributed by atoms with Crippen LogP contribution in [0.1, 0.15) is 29.8 Å². The molecule has 0 bridgehead atoms. The highest BCUT2D eigenvalue weighted by Crippen LogP contribution is 2.16. The lowest BCUT2D eigenvalue weighted by atomic mass is 9.96. The highest BCUT2D eigenvalue weighted by Gasteiger charge is 2.28. The Morgan fingerprint density at radius 2 is 2.31 bits per heavy atom. The minimum absolute atomic E-state index is 0.0627. The Kier molecular flexibility index (Phi) is 2.91. The van der Waals surface area contributed by atoms with E-state index in [1.54, 1.807) is 11.8 Å². The number of hydrogen-bond donors (Lipinski definition) is 2. The lowest BCUT2D eigenvalue weighted by Gasteiger charge is -2.34. The summed E-state index contributed by atoms with van der Waals surface area (Å²) in [5.74, 6) is 1.19. The van der Waals surface area contributed by atoms with Crippen LogP contribution in [0.5, 0.6) is 0 Å². The molecule has 0 spiro atoms. The van der Waals surface area contributed by atoms with Crippen LogP contribution in [0.4, 0.5) is 0 Å². The van der Waals surface area contributed by atoms with Crippen LogP contribution in [0.2, 0.25) is 0 Å². The molecule has 1 aromatic heterocycles. The van der Waals surface area contributed by atoms with Crippen LogP contribution in [0.15, 0.2) is 0 Å². The van der Waals surface area contributed by atoms with Crippen molar-refractivity contribution in [3.05, 3.63) is 11.6 Å². The van der Waals surface area contributed by atoms with Crippen molar-refractivity contribution < 1.29 is 4.79 Å². The van der Waals surface area contributed by atoms with E-state index >= 15 is 0 Å². The maximum Gasteiger partial charge on any atom is 0.293 e. The van der Waals surface area contributed by atoms with E-state index in [1.165, 1.54) is 0 Å². The highest BCUT2D eigenvalue weighted by atomic mass is 16.2. The number of aryl methyl sites for hydroxylation is 1. The molecule has 1 aliphatic rings. The van der Waals surface area contributed by atoms with E-state index in [4.69, 9.17) is 5.73 Å². The molecular formula is C10H17N5O. The van der Waals surface area contributed by atoms with Gasteiger partial charge in [0.2, 0.25) is 5.82 Å². The van der Waals surface area contributed by atoms with Gasteiger partial charge in [-0.2, -0.15) is 0 Å². The monoisotopic (exact) mass is 223 g/mol. The third kappa shape index (κ3) is 2.21. The van der Waals surface area contributed by atoms with Crippen molar-refractivity contribution in [1.82, 2.24) is 20.1 Å². The van der Waals surface area contributed by atoms with Crippen LogP contribution in [0, 0.1) is 12.8 Å². The van der Waals surface area contributed by atoms with Gasteiger partial charge in [0, 0.05) is 19.1 Å². The number of rotatable bonds is 1. The van der Waals surface area contributed by atoms with E-state index in [-0.39, 0.29) is 17.8 Å². The van der Waals surface area contributed by atoms with Gasteiger partial charge in [0.15, 0.2) is 0 Å². The zero-order chi connectivity index (χ0) is 11.7. The lowest BCUT2D eigenvalue weighted by Crippen LogP contribution is -2.49. The van der Waals surface area contributed by atoms with Crippen LogP contribution in [-0.4, -0.2) is 45.1 Å². The molecule has 2 atom stereocenters. The molecule has 6 nitrogen and oxygen atoms in total. The van der Waals surface area contributed by atoms with Gasteiger partial charge in [-0.25, -0.2) is 4.98 Å². The topological polar surface area (TPSA) is 87.9 Å². The number of piperidine rings is 1. The fraction of sp³-hybridized carbons (Fsp3) is 0.700. The van der Waals surface area contributed by atoms with Crippen molar-refractivity contribution in [2.45, 2.75) is 26.3 Å². The first-order valence-corrected chi connectivity index (χ1v) is 5.50. The molecule has 0 aliphatic carbocycles. The first-order valence-electron chi connectivity index (χ1n) is 5.50. The Morgan fingerprint density at radius 3 is 2.88 bits per heavy atom. The number of likely N-dealkylation sites (tertiary alicyclic amines) is 1. The van der Waals surface area contributed by atoms with Gasteiger partial charge in [-0.05, 0) is 19.3 Å².